The van der Waals surface area contributed by atoms with Crippen LogP contribution in [-0.2, 0) is 0 Å². The van der Waals surface area contributed by atoms with E-state index in [4.69, 9.17) is 5.73 Å². The Morgan fingerprint density at radius 2 is 1.62 bits per heavy atom. The Morgan fingerprint density at radius 1 is 1.06 bits per heavy atom. The van der Waals surface area contributed by atoms with E-state index in [-0.39, 0.29) is 18.9 Å². The minimum absolute atomic E-state index is 0.0516. The highest BCUT2D eigenvalue weighted by atomic mass is 19.3. The third-order valence-electron chi connectivity index (χ3n) is 4.45. The van der Waals surface area contributed by atoms with E-state index in [0.29, 0.717) is 18.8 Å². The van der Waals surface area contributed by atoms with Gasteiger partial charge < -0.3 is 5.73 Å². The number of nitrogens with two attached hydrogens (primary N) is 1. The smallest absolute Gasteiger partial charge is 0.248 e. The van der Waals surface area contributed by atoms with Gasteiger partial charge in [-0.15, -0.1) is 0 Å². The summed E-state index contributed by atoms with van der Waals surface area (Å²) in [6.45, 7) is 0. The lowest BCUT2D eigenvalue weighted by molar-refractivity contribution is -0.0488. The highest BCUT2D eigenvalue weighted by molar-refractivity contribution is 4.85. The largest absolute Gasteiger partial charge is 0.327 e. The lowest BCUT2D eigenvalue weighted by Crippen LogP contribution is -2.37. The zero-order valence-corrected chi connectivity index (χ0v) is 9.93. The van der Waals surface area contributed by atoms with E-state index >= 15 is 0 Å². The monoisotopic (exact) mass is 231 g/mol. The summed E-state index contributed by atoms with van der Waals surface area (Å²) in [5.41, 5.74) is 6.17. The predicted octanol–water partition coefficient (Wildman–Crippen LogP) is 3.72. The van der Waals surface area contributed by atoms with Crippen molar-refractivity contribution >= 4 is 0 Å². The summed E-state index contributed by atoms with van der Waals surface area (Å²) < 4.78 is 26.0. The Kier molecular flexibility index (Phi) is 3.83. The van der Waals surface area contributed by atoms with Crippen molar-refractivity contribution in [2.45, 2.75) is 69.8 Å². The van der Waals surface area contributed by atoms with Gasteiger partial charge in [0, 0.05) is 18.9 Å². The molecule has 16 heavy (non-hydrogen) atoms. The highest BCUT2D eigenvalue weighted by Crippen LogP contribution is 2.39. The summed E-state index contributed by atoms with van der Waals surface area (Å²) in [7, 11) is 0. The van der Waals surface area contributed by atoms with Crippen LogP contribution in [0.2, 0.25) is 0 Å². The normalized spacial score (nSPS) is 29.4. The van der Waals surface area contributed by atoms with Crippen molar-refractivity contribution in [1.82, 2.24) is 0 Å². The fourth-order valence-corrected chi connectivity index (χ4v) is 3.31. The summed E-state index contributed by atoms with van der Waals surface area (Å²) >= 11 is 0. The summed E-state index contributed by atoms with van der Waals surface area (Å²) in [5.74, 6) is -1.29. The number of halogens is 2. The van der Waals surface area contributed by atoms with Crippen LogP contribution >= 0.6 is 0 Å². The molecule has 0 heterocycles. The first-order chi connectivity index (χ1) is 7.57. The van der Waals surface area contributed by atoms with E-state index in [1.54, 1.807) is 0 Å². The first-order valence-electron chi connectivity index (χ1n) is 6.70. The van der Waals surface area contributed by atoms with Crippen molar-refractivity contribution in [3.05, 3.63) is 0 Å². The van der Waals surface area contributed by atoms with Crippen LogP contribution in [-0.4, -0.2) is 12.0 Å². The molecule has 2 aliphatic carbocycles. The van der Waals surface area contributed by atoms with Crippen molar-refractivity contribution in [3.63, 3.8) is 0 Å². The summed E-state index contributed by atoms with van der Waals surface area (Å²) in [6, 6.07) is 0.166. The van der Waals surface area contributed by atoms with Crippen LogP contribution in [0, 0.1) is 11.8 Å². The molecular formula is C13H23F2N. The zero-order valence-electron chi connectivity index (χ0n) is 9.93. The lowest BCUT2D eigenvalue weighted by atomic mass is 9.79. The van der Waals surface area contributed by atoms with Crippen molar-refractivity contribution in [1.29, 1.82) is 0 Å². The van der Waals surface area contributed by atoms with Crippen molar-refractivity contribution in [2.75, 3.05) is 0 Å². The molecule has 1 unspecified atom stereocenters. The Morgan fingerprint density at radius 3 is 2.19 bits per heavy atom. The second-order valence-electron chi connectivity index (χ2n) is 5.74. The molecule has 1 atom stereocenters. The second kappa shape index (κ2) is 4.99. The Labute approximate surface area is 96.8 Å². The van der Waals surface area contributed by atoms with Crippen LogP contribution in [0.15, 0.2) is 0 Å². The van der Waals surface area contributed by atoms with Gasteiger partial charge in [0.05, 0.1) is 0 Å². The molecule has 0 aliphatic heterocycles. The molecule has 94 valence electrons. The predicted molar refractivity (Wildman–Crippen MR) is 61.5 cm³/mol. The molecule has 0 aromatic carbocycles. The minimum Gasteiger partial charge on any atom is -0.327 e. The Hall–Kier alpha value is -0.180. The SMILES string of the molecule is NC(CC1CCCC1)C1CCC(F)(F)CC1. The van der Waals surface area contributed by atoms with E-state index in [0.717, 1.165) is 12.3 Å². The van der Waals surface area contributed by atoms with Gasteiger partial charge in [-0.3, -0.25) is 0 Å². The number of alkyl halides is 2. The first kappa shape index (κ1) is 12.3. The van der Waals surface area contributed by atoms with E-state index < -0.39 is 5.92 Å². The van der Waals surface area contributed by atoms with E-state index in [2.05, 4.69) is 0 Å². The Balaban J connectivity index is 1.75. The molecule has 2 fully saturated rings. The average Bonchev–Trinajstić information content (AvgIpc) is 2.70. The molecule has 0 saturated heterocycles. The molecule has 2 rings (SSSR count). The summed E-state index contributed by atoms with van der Waals surface area (Å²) in [4.78, 5) is 0. The Bertz CT molecular complexity index is 214. The highest BCUT2D eigenvalue weighted by Gasteiger charge is 2.37. The molecule has 0 bridgehead atoms. The minimum atomic E-state index is -2.41. The summed E-state index contributed by atoms with van der Waals surface area (Å²) in [6.07, 6.45) is 7.69. The molecule has 0 radical (unpaired) electrons. The first-order valence-corrected chi connectivity index (χ1v) is 6.70. The number of rotatable bonds is 3. The number of hydrogen-bond acceptors (Lipinski definition) is 1. The van der Waals surface area contributed by atoms with Crippen LogP contribution < -0.4 is 5.73 Å². The average molecular weight is 231 g/mol. The maximum atomic E-state index is 13.0. The topological polar surface area (TPSA) is 26.0 Å². The molecule has 0 spiro atoms. The van der Waals surface area contributed by atoms with Gasteiger partial charge in [0.1, 0.15) is 0 Å². The van der Waals surface area contributed by atoms with E-state index in [1.165, 1.54) is 25.7 Å². The molecule has 0 aromatic rings. The molecular weight excluding hydrogens is 208 g/mol. The molecule has 0 amide bonds. The van der Waals surface area contributed by atoms with E-state index in [9.17, 15) is 8.78 Å². The third-order valence-corrected chi connectivity index (χ3v) is 4.45. The molecule has 2 N–H and O–H groups in total. The fourth-order valence-electron chi connectivity index (χ4n) is 3.31. The van der Waals surface area contributed by atoms with Crippen molar-refractivity contribution < 1.29 is 8.78 Å². The van der Waals surface area contributed by atoms with E-state index in [1.807, 2.05) is 0 Å². The van der Waals surface area contributed by atoms with Gasteiger partial charge in [-0.2, -0.15) is 0 Å². The molecule has 3 heteroatoms. The lowest BCUT2D eigenvalue weighted by Gasteiger charge is -2.33. The van der Waals surface area contributed by atoms with Crippen LogP contribution in [0.4, 0.5) is 8.78 Å². The maximum Gasteiger partial charge on any atom is 0.248 e. The van der Waals surface area contributed by atoms with Gasteiger partial charge in [0.15, 0.2) is 0 Å². The molecule has 0 aromatic heterocycles. The van der Waals surface area contributed by atoms with Gasteiger partial charge in [0.2, 0.25) is 5.92 Å². The van der Waals surface area contributed by atoms with Crippen LogP contribution in [0.1, 0.15) is 57.8 Å². The molecule has 2 saturated carbocycles. The van der Waals surface area contributed by atoms with Crippen molar-refractivity contribution in [2.24, 2.45) is 17.6 Å². The number of hydrogen-bond donors (Lipinski definition) is 1. The zero-order chi connectivity index (χ0) is 11.6. The van der Waals surface area contributed by atoms with Gasteiger partial charge in [-0.1, -0.05) is 25.7 Å². The van der Waals surface area contributed by atoms with Crippen LogP contribution in [0.3, 0.4) is 0 Å². The quantitative estimate of drug-likeness (QED) is 0.787. The van der Waals surface area contributed by atoms with Gasteiger partial charge >= 0.3 is 0 Å². The van der Waals surface area contributed by atoms with Crippen LogP contribution in [0.25, 0.3) is 0 Å². The molecule has 2 aliphatic rings. The van der Waals surface area contributed by atoms with Crippen molar-refractivity contribution in [3.8, 4) is 0 Å². The maximum absolute atomic E-state index is 13.0. The van der Waals surface area contributed by atoms with Crippen LogP contribution in [0.5, 0.6) is 0 Å². The van der Waals surface area contributed by atoms with Gasteiger partial charge in [-0.25, -0.2) is 8.78 Å². The third kappa shape index (κ3) is 3.16. The fraction of sp³-hybridized carbons (Fsp3) is 1.00. The second-order valence-corrected chi connectivity index (χ2v) is 5.74. The summed E-state index contributed by atoms with van der Waals surface area (Å²) in [5, 5.41) is 0. The van der Waals surface area contributed by atoms with Gasteiger partial charge in [-0.05, 0) is 31.1 Å². The standard InChI is InChI=1S/C13H23F2N/c14-13(15)7-5-11(6-8-13)12(16)9-10-3-1-2-4-10/h10-12H,1-9,16H2. The molecule has 1 nitrogen and oxygen atoms in total. The van der Waals surface area contributed by atoms with Gasteiger partial charge in [0.25, 0.3) is 0 Å².